The maximum Gasteiger partial charge on any atom is 0.340 e. The Morgan fingerprint density at radius 2 is 1.62 bits per heavy atom. The van der Waals surface area contributed by atoms with Gasteiger partial charge in [0, 0.05) is 5.92 Å². The van der Waals surface area contributed by atoms with Crippen LogP contribution in [-0.2, 0) is 0 Å². The molecule has 2 rings (SSSR count). The normalized spacial score (nSPS) is 11.8. The van der Waals surface area contributed by atoms with Crippen molar-refractivity contribution in [2.75, 3.05) is 7.11 Å². The molecule has 0 spiro atoms. The minimum absolute atomic E-state index is 0.0627. The zero-order chi connectivity index (χ0) is 18.0. The summed E-state index contributed by atoms with van der Waals surface area (Å²) in [4.78, 5) is 27.2. The maximum atomic E-state index is 11.6. The second-order valence-corrected chi connectivity index (χ2v) is 5.29. The minimum atomic E-state index is -1.52. The van der Waals surface area contributed by atoms with Crippen LogP contribution in [0.25, 0.3) is 0 Å². The van der Waals surface area contributed by atoms with Crippen LogP contribution in [0, 0.1) is 6.92 Å². The Kier molecular flexibility index (Phi) is 4.73. The molecule has 0 bridgehead atoms. The van der Waals surface area contributed by atoms with Crippen molar-refractivity contribution < 1.29 is 29.6 Å². The zero-order valence-corrected chi connectivity index (χ0v) is 13.4. The smallest absolute Gasteiger partial charge is 0.340 e. The van der Waals surface area contributed by atoms with Crippen LogP contribution in [0.2, 0.25) is 0 Å². The molecule has 7 heteroatoms. The van der Waals surface area contributed by atoms with Crippen LogP contribution in [0.5, 0.6) is 11.5 Å². The molecule has 126 valence electrons. The van der Waals surface area contributed by atoms with Crippen molar-refractivity contribution in [3.05, 3.63) is 52.3 Å². The highest BCUT2D eigenvalue weighted by atomic mass is 16.5. The SMILES string of the molecule is COc1ccc(C(C)c2nc(C)c(O)c(C(=O)O)c2C(=O)O)cc1. The molecule has 0 fully saturated rings. The summed E-state index contributed by atoms with van der Waals surface area (Å²) in [5.41, 5.74) is -0.264. The van der Waals surface area contributed by atoms with Gasteiger partial charge in [0.15, 0.2) is 5.75 Å². The van der Waals surface area contributed by atoms with Crippen LogP contribution < -0.4 is 4.74 Å². The predicted octanol–water partition coefficient (Wildman–Crippen LogP) is 2.65. The first-order chi connectivity index (χ1) is 11.3. The van der Waals surface area contributed by atoms with Crippen LogP contribution in [0.15, 0.2) is 24.3 Å². The van der Waals surface area contributed by atoms with E-state index in [0.29, 0.717) is 5.75 Å². The van der Waals surface area contributed by atoms with Crippen molar-refractivity contribution >= 4 is 11.9 Å². The van der Waals surface area contributed by atoms with E-state index in [4.69, 9.17) is 4.74 Å². The number of pyridine rings is 1. The van der Waals surface area contributed by atoms with Crippen molar-refractivity contribution in [3.8, 4) is 11.5 Å². The van der Waals surface area contributed by atoms with Gasteiger partial charge in [-0.05, 0) is 24.6 Å². The second kappa shape index (κ2) is 6.57. The van der Waals surface area contributed by atoms with E-state index in [1.165, 1.54) is 14.0 Å². The molecule has 1 aromatic carbocycles. The number of aromatic nitrogens is 1. The largest absolute Gasteiger partial charge is 0.505 e. The fourth-order valence-corrected chi connectivity index (χ4v) is 2.51. The lowest BCUT2D eigenvalue weighted by Crippen LogP contribution is -2.17. The molecule has 0 radical (unpaired) electrons. The zero-order valence-electron chi connectivity index (χ0n) is 13.4. The number of benzene rings is 1. The second-order valence-electron chi connectivity index (χ2n) is 5.29. The lowest BCUT2D eigenvalue weighted by atomic mass is 9.91. The molecule has 0 saturated heterocycles. The molecule has 24 heavy (non-hydrogen) atoms. The van der Waals surface area contributed by atoms with Gasteiger partial charge < -0.3 is 20.1 Å². The summed E-state index contributed by atoms with van der Waals surface area (Å²) >= 11 is 0. The van der Waals surface area contributed by atoms with Crippen molar-refractivity contribution in [3.63, 3.8) is 0 Å². The molecule has 0 aliphatic rings. The number of carboxylic acid groups (broad SMARTS) is 2. The molecular formula is C17H17NO6. The van der Waals surface area contributed by atoms with Crippen LogP contribution in [-0.4, -0.2) is 39.4 Å². The number of aromatic carboxylic acids is 2. The van der Waals surface area contributed by atoms with E-state index in [2.05, 4.69) is 4.98 Å². The standard InChI is InChI=1S/C17H17NO6/c1-8(10-4-6-11(24-3)7-5-10)14-12(16(20)21)13(17(22)23)15(19)9(2)18-14/h4-8,19H,1-3H3,(H,20,21)(H,22,23). The van der Waals surface area contributed by atoms with Crippen molar-refractivity contribution in [2.24, 2.45) is 0 Å². The highest BCUT2D eigenvalue weighted by molar-refractivity contribution is 6.04. The monoisotopic (exact) mass is 331 g/mol. The maximum absolute atomic E-state index is 11.6. The number of hydrogen-bond acceptors (Lipinski definition) is 5. The number of hydrogen-bond donors (Lipinski definition) is 3. The number of aromatic hydroxyl groups is 1. The van der Waals surface area contributed by atoms with Gasteiger partial charge >= 0.3 is 11.9 Å². The van der Waals surface area contributed by atoms with Crippen LogP contribution >= 0.6 is 0 Å². The first-order valence-electron chi connectivity index (χ1n) is 7.11. The van der Waals surface area contributed by atoms with Crippen molar-refractivity contribution in [1.82, 2.24) is 4.98 Å². The quantitative estimate of drug-likeness (QED) is 0.771. The molecule has 1 unspecified atom stereocenters. The molecule has 0 saturated carbocycles. The van der Waals surface area contributed by atoms with E-state index in [0.717, 1.165) is 5.56 Å². The van der Waals surface area contributed by atoms with Crippen molar-refractivity contribution in [1.29, 1.82) is 0 Å². The van der Waals surface area contributed by atoms with Gasteiger partial charge in [-0.2, -0.15) is 0 Å². The molecule has 2 aromatic rings. The average molecular weight is 331 g/mol. The number of ether oxygens (including phenoxy) is 1. The van der Waals surface area contributed by atoms with E-state index in [1.807, 2.05) is 0 Å². The van der Waals surface area contributed by atoms with E-state index >= 15 is 0 Å². The summed E-state index contributed by atoms with van der Waals surface area (Å²) in [7, 11) is 1.53. The number of carbonyl (C=O) groups is 2. The lowest BCUT2D eigenvalue weighted by Gasteiger charge is -2.18. The molecule has 1 atom stereocenters. The van der Waals surface area contributed by atoms with Crippen molar-refractivity contribution in [2.45, 2.75) is 19.8 Å². The molecule has 0 amide bonds. The first kappa shape index (κ1) is 17.3. The number of carboxylic acids is 2. The van der Waals surface area contributed by atoms with Crippen LogP contribution in [0.3, 0.4) is 0 Å². The Balaban J connectivity index is 2.67. The molecular weight excluding hydrogens is 314 g/mol. The van der Waals surface area contributed by atoms with E-state index in [1.54, 1.807) is 31.2 Å². The number of nitrogens with zero attached hydrogens (tertiary/aromatic N) is 1. The predicted molar refractivity (Wildman–Crippen MR) is 85.1 cm³/mol. The Bertz CT molecular complexity index is 798. The highest BCUT2D eigenvalue weighted by Gasteiger charge is 2.29. The van der Waals surface area contributed by atoms with Gasteiger partial charge in [-0.3, -0.25) is 4.98 Å². The Hall–Kier alpha value is -3.09. The summed E-state index contributed by atoms with van der Waals surface area (Å²) in [5.74, 6) is -3.44. The Morgan fingerprint density at radius 3 is 2.08 bits per heavy atom. The van der Waals surface area contributed by atoms with Gasteiger partial charge in [0.25, 0.3) is 0 Å². The third kappa shape index (κ3) is 3.01. The highest BCUT2D eigenvalue weighted by Crippen LogP contribution is 2.33. The molecule has 3 N–H and O–H groups in total. The third-order valence-electron chi connectivity index (χ3n) is 3.83. The number of rotatable bonds is 5. The summed E-state index contributed by atoms with van der Waals surface area (Å²) in [6.07, 6.45) is 0. The minimum Gasteiger partial charge on any atom is -0.505 e. The lowest BCUT2D eigenvalue weighted by molar-refractivity contribution is 0.0646. The number of methoxy groups -OCH3 is 1. The van der Waals surface area contributed by atoms with Gasteiger partial charge in [-0.1, -0.05) is 19.1 Å². The summed E-state index contributed by atoms with van der Waals surface area (Å²) in [5, 5.41) is 28.7. The number of aryl methyl sites for hydroxylation is 1. The Morgan fingerprint density at radius 1 is 1.08 bits per heavy atom. The van der Waals surface area contributed by atoms with Gasteiger partial charge in [-0.15, -0.1) is 0 Å². The first-order valence-corrected chi connectivity index (χ1v) is 7.11. The van der Waals surface area contributed by atoms with Crippen LogP contribution in [0.4, 0.5) is 0 Å². The van der Waals surface area contributed by atoms with Gasteiger partial charge in [0.05, 0.1) is 24.1 Å². The van der Waals surface area contributed by atoms with Crippen LogP contribution in [0.1, 0.15) is 50.5 Å². The van der Waals surface area contributed by atoms with E-state index in [9.17, 15) is 24.9 Å². The summed E-state index contributed by atoms with van der Waals surface area (Å²) in [6.45, 7) is 3.15. The fourth-order valence-electron chi connectivity index (χ4n) is 2.51. The van der Waals surface area contributed by atoms with Gasteiger partial charge in [0.1, 0.15) is 11.3 Å². The van der Waals surface area contributed by atoms with E-state index < -0.39 is 34.7 Å². The molecule has 7 nitrogen and oxygen atoms in total. The molecule has 0 aliphatic heterocycles. The Labute approximate surface area is 138 Å². The summed E-state index contributed by atoms with van der Waals surface area (Å²) in [6, 6.07) is 6.94. The average Bonchev–Trinajstić information content (AvgIpc) is 2.55. The molecule has 1 heterocycles. The van der Waals surface area contributed by atoms with E-state index in [-0.39, 0.29) is 11.4 Å². The summed E-state index contributed by atoms with van der Waals surface area (Å²) < 4.78 is 5.08. The molecule has 0 aliphatic carbocycles. The molecule has 1 aromatic heterocycles. The third-order valence-corrected chi connectivity index (χ3v) is 3.83. The van der Waals surface area contributed by atoms with Gasteiger partial charge in [-0.25, -0.2) is 9.59 Å². The topological polar surface area (TPSA) is 117 Å². The fraction of sp³-hybridized carbons (Fsp3) is 0.235. The van der Waals surface area contributed by atoms with Gasteiger partial charge in [0.2, 0.25) is 0 Å².